The van der Waals surface area contributed by atoms with Crippen LogP contribution in [0.5, 0.6) is 0 Å². The maximum atomic E-state index is 6.70. The predicted octanol–water partition coefficient (Wildman–Crippen LogP) is 6.77. The standard InChI is InChI=1S/C27H24O/c1-27(2,3)28-26-24-20-12-16-8-4-5-9-17(16)13-21(20)25(26)23-15-19-11-7-6-10-18(19)14-22(23)24/h4-15,24-26H,1-3H3. The Kier molecular flexibility index (Phi) is 3.18. The van der Waals surface area contributed by atoms with E-state index in [1.807, 2.05) is 0 Å². The summed E-state index contributed by atoms with van der Waals surface area (Å²) in [5.74, 6) is 0.645. The minimum atomic E-state index is -0.163. The van der Waals surface area contributed by atoms with Gasteiger partial charge in [0.25, 0.3) is 0 Å². The van der Waals surface area contributed by atoms with E-state index in [0.717, 1.165) is 0 Å². The summed E-state index contributed by atoms with van der Waals surface area (Å²) >= 11 is 0. The van der Waals surface area contributed by atoms with E-state index in [1.54, 1.807) is 0 Å². The summed E-state index contributed by atoms with van der Waals surface area (Å²) in [6, 6.07) is 27.1. The summed E-state index contributed by atoms with van der Waals surface area (Å²) < 4.78 is 6.70. The van der Waals surface area contributed by atoms with Crippen molar-refractivity contribution in [1.82, 2.24) is 0 Å². The number of hydrogen-bond donors (Lipinski definition) is 0. The maximum Gasteiger partial charge on any atom is 0.0800 e. The van der Waals surface area contributed by atoms with Gasteiger partial charge in [-0.2, -0.15) is 0 Å². The van der Waals surface area contributed by atoms with Crippen molar-refractivity contribution in [2.24, 2.45) is 0 Å². The van der Waals surface area contributed by atoms with Crippen LogP contribution < -0.4 is 0 Å². The van der Waals surface area contributed by atoms with E-state index in [2.05, 4.69) is 93.6 Å². The van der Waals surface area contributed by atoms with Crippen LogP contribution in [0.2, 0.25) is 0 Å². The number of benzene rings is 4. The molecule has 0 N–H and O–H groups in total. The Morgan fingerprint density at radius 3 is 1.18 bits per heavy atom. The van der Waals surface area contributed by atoms with Gasteiger partial charge in [-0.25, -0.2) is 0 Å². The van der Waals surface area contributed by atoms with Crippen molar-refractivity contribution in [3.8, 4) is 0 Å². The van der Waals surface area contributed by atoms with E-state index >= 15 is 0 Å². The lowest BCUT2D eigenvalue weighted by Crippen LogP contribution is -2.29. The first kappa shape index (κ1) is 16.3. The Morgan fingerprint density at radius 1 is 0.571 bits per heavy atom. The van der Waals surface area contributed by atoms with Crippen LogP contribution in [0.4, 0.5) is 0 Å². The summed E-state index contributed by atoms with van der Waals surface area (Å²) in [5.41, 5.74) is 5.67. The number of fused-ring (bicyclic) bond motifs is 10. The lowest BCUT2D eigenvalue weighted by molar-refractivity contribution is -0.0626. The molecule has 6 rings (SSSR count). The molecule has 0 radical (unpaired) electrons. The SMILES string of the molecule is CC(C)(C)OC1C2c3cc4ccccc4cc3C1c1cc3ccccc3cc12. The van der Waals surface area contributed by atoms with Crippen LogP contribution in [0.3, 0.4) is 0 Å². The summed E-state index contributed by atoms with van der Waals surface area (Å²) in [6.07, 6.45) is 0.179. The van der Waals surface area contributed by atoms with Crippen LogP contribution in [0.25, 0.3) is 21.5 Å². The summed E-state index contributed by atoms with van der Waals surface area (Å²) in [4.78, 5) is 0. The molecule has 4 aromatic rings. The molecule has 0 fully saturated rings. The van der Waals surface area contributed by atoms with Gasteiger partial charge in [0.05, 0.1) is 11.7 Å². The smallest absolute Gasteiger partial charge is 0.0800 e. The molecule has 0 saturated heterocycles. The molecule has 0 aliphatic heterocycles. The molecular weight excluding hydrogens is 340 g/mol. The molecule has 138 valence electrons. The van der Waals surface area contributed by atoms with E-state index in [-0.39, 0.29) is 11.7 Å². The summed E-state index contributed by atoms with van der Waals surface area (Å²) in [6.45, 7) is 6.52. The second kappa shape index (κ2) is 5.46. The highest BCUT2D eigenvalue weighted by Crippen LogP contribution is 2.59. The molecule has 0 saturated carbocycles. The average molecular weight is 364 g/mol. The third-order valence-corrected chi connectivity index (χ3v) is 6.39. The van der Waals surface area contributed by atoms with E-state index < -0.39 is 0 Å². The zero-order valence-corrected chi connectivity index (χ0v) is 16.6. The molecule has 2 aliphatic carbocycles. The van der Waals surface area contributed by atoms with Gasteiger partial charge in [0.2, 0.25) is 0 Å². The Labute approximate surface area is 166 Å². The van der Waals surface area contributed by atoms with Crippen molar-refractivity contribution in [2.75, 3.05) is 0 Å². The van der Waals surface area contributed by atoms with Gasteiger partial charge in [-0.1, -0.05) is 72.8 Å². The lowest BCUT2D eigenvalue weighted by atomic mass is 9.83. The number of ether oxygens (including phenoxy) is 1. The van der Waals surface area contributed by atoms with Crippen LogP contribution >= 0.6 is 0 Å². The van der Waals surface area contributed by atoms with Crippen molar-refractivity contribution in [1.29, 1.82) is 0 Å². The average Bonchev–Trinajstić information content (AvgIpc) is 3.11. The molecule has 0 unspecified atom stereocenters. The summed E-state index contributed by atoms with van der Waals surface area (Å²) in [5, 5.41) is 5.30. The molecule has 0 heterocycles. The van der Waals surface area contributed by atoms with Gasteiger partial charge in [-0.05, 0) is 64.6 Å². The molecule has 2 aliphatic rings. The van der Waals surface area contributed by atoms with Gasteiger partial charge < -0.3 is 4.74 Å². The molecule has 0 atom stereocenters. The third-order valence-electron chi connectivity index (χ3n) is 6.39. The molecule has 1 nitrogen and oxygen atoms in total. The largest absolute Gasteiger partial charge is 0.371 e. The monoisotopic (exact) mass is 364 g/mol. The Balaban J connectivity index is 1.62. The second-order valence-electron chi connectivity index (χ2n) is 9.31. The first-order valence-electron chi connectivity index (χ1n) is 10.2. The normalized spacial score (nSPS) is 22.6. The summed E-state index contributed by atoms with van der Waals surface area (Å²) in [7, 11) is 0. The second-order valence-corrected chi connectivity index (χ2v) is 9.31. The van der Waals surface area contributed by atoms with E-state index in [0.29, 0.717) is 11.8 Å². The third kappa shape index (κ3) is 2.23. The molecule has 0 spiro atoms. The predicted molar refractivity (Wildman–Crippen MR) is 116 cm³/mol. The maximum absolute atomic E-state index is 6.70. The molecule has 0 amide bonds. The quantitative estimate of drug-likeness (QED) is 0.362. The Bertz CT molecular complexity index is 1070. The molecule has 1 heteroatoms. The van der Waals surface area contributed by atoms with E-state index in [9.17, 15) is 0 Å². The Hall–Kier alpha value is -2.64. The minimum Gasteiger partial charge on any atom is -0.371 e. The van der Waals surface area contributed by atoms with Gasteiger partial charge in [-0.15, -0.1) is 0 Å². The molecular formula is C27H24O. The zero-order valence-electron chi connectivity index (χ0n) is 16.6. The van der Waals surface area contributed by atoms with Crippen molar-refractivity contribution in [3.05, 3.63) is 95.1 Å². The van der Waals surface area contributed by atoms with E-state index in [1.165, 1.54) is 43.8 Å². The van der Waals surface area contributed by atoms with Gasteiger partial charge in [0, 0.05) is 11.8 Å². The Morgan fingerprint density at radius 2 is 0.893 bits per heavy atom. The van der Waals surface area contributed by atoms with E-state index in [4.69, 9.17) is 4.74 Å². The highest BCUT2D eigenvalue weighted by molar-refractivity contribution is 5.89. The first-order valence-corrected chi connectivity index (χ1v) is 10.2. The van der Waals surface area contributed by atoms with Crippen LogP contribution in [0.1, 0.15) is 54.9 Å². The molecule has 28 heavy (non-hydrogen) atoms. The van der Waals surface area contributed by atoms with Crippen LogP contribution in [-0.4, -0.2) is 11.7 Å². The molecule has 0 aromatic heterocycles. The van der Waals surface area contributed by atoms with Crippen molar-refractivity contribution in [3.63, 3.8) is 0 Å². The fraction of sp³-hybridized carbons (Fsp3) is 0.259. The van der Waals surface area contributed by atoms with Crippen molar-refractivity contribution in [2.45, 2.75) is 44.3 Å². The van der Waals surface area contributed by atoms with Crippen LogP contribution in [-0.2, 0) is 4.74 Å². The fourth-order valence-electron chi connectivity index (χ4n) is 5.41. The highest BCUT2D eigenvalue weighted by Gasteiger charge is 2.51. The zero-order chi connectivity index (χ0) is 19.0. The molecule has 2 bridgehead atoms. The van der Waals surface area contributed by atoms with Gasteiger partial charge in [0.1, 0.15) is 0 Å². The van der Waals surface area contributed by atoms with Crippen molar-refractivity contribution < 1.29 is 4.74 Å². The topological polar surface area (TPSA) is 9.23 Å². The van der Waals surface area contributed by atoms with Gasteiger partial charge in [0.15, 0.2) is 0 Å². The lowest BCUT2D eigenvalue weighted by Gasteiger charge is -2.28. The van der Waals surface area contributed by atoms with Crippen LogP contribution in [0, 0.1) is 0 Å². The van der Waals surface area contributed by atoms with Gasteiger partial charge >= 0.3 is 0 Å². The first-order chi connectivity index (χ1) is 13.5. The van der Waals surface area contributed by atoms with Gasteiger partial charge in [-0.3, -0.25) is 0 Å². The number of hydrogen-bond acceptors (Lipinski definition) is 1. The highest BCUT2D eigenvalue weighted by atomic mass is 16.5. The van der Waals surface area contributed by atoms with Crippen molar-refractivity contribution >= 4 is 21.5 Å². The molecule has 4 aromatic carbocycles. The minimum absolute atomic E-state index is 0.163. The number of rotatable bonds is 1. The van der Waals surface area contributed by atoms with Crippen LogP contribution in [0.15, 0.2) is 72.8 Å². The fourth-order valence-corrected chi connectivity index (χ4v) is 5.41.